The number of benzene rings is 1. The van der Waals surface area contributed by atoms with Gasteiger partial charge in [-0.25, -0.2) is 8.42 Å². The van der Waals surface area contributed by atoms with Crippen LogP contribution in [0.25, 0.3) is 0 Å². The van der Waals surface area contributed by atoms with Gasteiger partial charge in [0.05, 0.1) is 30.1 Å². The first-order valence-corrected chi connectivity index (χ1v) is 8.10. The summed E-state index contributed by atoms with van der Waals surface area (Å²) in [7, 11) is -3.06. The average molecular weight is 280 g/mol. The molecule has 2 aliphatic heterocycles. The molecule has 2 fully saturated rings. The van der Waals surface area contributed by atoms with Gasteiger partial charge in [0.25, 0.3) is 0 Å². The summed E-state index contributed by atoms with van der Waals surface area (Å²) in [5, 5.41) is 2.79. The summed E-state index contributed by atoms with van der Waals surface area (Å²) < 4.78 is 23.5. The summed E-state index contributed by atoms with van der Waals surface area (Å²) >= 11 is 0. The van der Waals surface area contributed by atoms with Gasteiger partial charge in [0.15, 0.2) is 9.84 Å². The van der Waals surface area contributed by atoms with Crippen molar-refractivity contribution in [2.45, 2.75) is 19.0 Å². The Kier molecular flexibility index (Phi) is 2.78. The van der Waals surface area contributed by atoms with Gasteiger partial charge in [0, 0.05) is 5.69 Å². The molecular weight excluding hydrogens is 264 g/mol. The second-order valence-electron chi connectivity index (χ2n) is 5.29. The van der Waals surface area contributed by atoms with E-state index in [1.807, 2.05) is 36.1 Å². The molecule has 0 aliphatic carbocycles. The molecule has 0 radical (unpaired) electrons. The van der Waals surface area contributed by atoms with Crippen molar-refractivity contribution in [3.05, 3.63) is 29.8 Å². The number of carbonyl (C=O) groups is 1. The van der Waals surface area contributed by atoms with Crippen LogP contribution in [-0.2, 0) is 14.6 Å². The highest BCUT2D eigenvalue weighted by atomic mass is 32.2. The molecule has 2 atom stereocenters. The molecule has 102 valence electrons. The second-order valence-corrected chi connectivity index (χ2v) is 7.44. The van der Waals surface area contributed by atoms with Crippen LogP contribution in [0.3, 0.4) is 0 Å². The zero-order valence-electron chi connectivity index (χ0n) is 10.7. The van der Waals surface area contributed by atoms with Crippen molar-refractivity contribution < 1.29 is 13.2 Å². The lowest BCUT2D eigenvalue weighted by Crippen LogP contribution is -2.60. The number of anilines is 1. The van der Waals surface area contributed by atoms with Gasteiger partial charge in [-0.1, -0.05) is 12.1 Å². The van der Waals surface area contributed by atoms with E-state index in [9.17, 15) is 13.2 Å². The van der Waals surface area contributed by atoms with Gasteiger partial charge in [-0.3, -0.25) is 4.79 Å². The van der Waals surface area contributed by atoms with Crippen molar-refractivity contribution in [3.63, 3.8) is 0 Å². The quantitative estimate of drug-likeness (QED) is 0.792. The van der Waals surface area contributed by atoms with Gasteiger partial charge in [0.1, 0.15) is 0 Å². The SMILES string of the molecule is Cc1cccc(N2CC(=O)N[C@@H]3CS(=O)(=O)C[C@@H]32)c1. The second kappa shape index (κ2) is 4.23. The number of sulfone groups is 1. The molecule has 1 aromatic rings. The fourth-order valence-electron chi connectivity index (χ4n) is 2.89. The van der Waals surface area contributed by atoms with Crippen LogP contribution in [0.1, 0.15) is 5.56 Å². The molecule has 0 spiro atoms. The Morgan fingerprint density at radius 3 is 2.84 bits per heavy atom. The van der Waals surface area contributed by atoms with Crippen molar-refractivity contribution in [1.29, 1.82) is 0 Å². The van der Waals surface area contributed by atoms with Crippen molar-refractivity contribution in [2.75, 3.05) is 23.0 Å². The molecule has 1 amide bonds. The van der Waals surface area contributed by atoms with Gasteiger partial charge in [-0.05, 0) is 24.6 Å². The van der Waals surface area contributed by atoms with Gasteiger partial charge in [-0.15, -0.1) is 0 Å². The van der Waals surface area contributed by atoms with E-state index < -0.39 is 9.84 Å². The van der Waals surface area contributed by atoms with Crippen molar-refractivity contribution in [3.8, 4) is 0 Å². The number of fused-ring (bicyclic) bond motifs is 1. The van der Waals surface area contributed by atoms with E-state index in [2.05, 4.69) is 5.32 Å². The van der Waals surface area contributed by atoms with Crippen molar-refractivity contribution in [1.82, 2.24) is 5.32 Å². The van der Waals surface area contributed by atoms with E-state index in [-0.39, 0.29) is 36.0 Å². The lowest BCUT2D eigenvalue weighted by Gasteiger charge is -2.38. The van der Waals surface area contributed by atoms with E-state index in [1.54, 1.807) is 0 Å². The summed E-state index contributed by atoms with van der Waals surface area (Å²) in [4.78, 5) is 13.7. The predicted molar refractivity (Wildman–Crippen MR) is 72.9 cm³/mol. The zero-order valence-corrected chi connectivity index (χ0v) is 11.5. The van der Waals surface area contributed by atoms with Gasteiger partial charge < -0.3 is 10.2 Å². The molecule has 19 heavy (non-hydrogen) atoms. The molecule has 3 rings (SSSR count). The molecule has 2 saturated heterocycles. The number of nitrogens with one attached hydrogen (secondary N) is 1. The molecule has 6 heteroatoms. The highest BCUT2D eigenvalue weighted by molar-refractivity contribution is 7.91. The largest absolute Gasteiger partial charge is 0.356 e. The number of hydrogen-bond donors (Lipinski definition) is 1. The topological polar surface area (TPSA) is 66.5 Å². The number of piperazine rings is 1. The van der Waals surface area contributed by atoms with E-state index >= 15 is 0 Å². The molecule has 1 N–H and O–H groups in total. The number of nitrogens with zero attached hydrogens (tertiary/aromatic N) is 1. The molecule has 2 aliphatic rings. The van der Waals surface area contributed by atoms with E-state index in [1.165, 1.54) is 0 Å². The van der Waals surface area contributed by atoms with Crippen LogP contribution in [0.4, 0.5) is 5.69 Å². The Balaban J connectivity index is 1.98. The third-order valence-corrected chi connectivity index (χ3v) is 5.43. The fourth-order valence-corrected chi connectivity index (χ4v) is 4.81. The number of rotatable bonds is 1. The number of carbonyl (C=O) groups excluding carboxylic acids is 1. The van der Waals surface area contributed by atoms with Crippen LogP contribution in [0.15, 0.2) is 24.3 Å². The van der Waals surface area contributed by atoms with Crippen LogP contribution in [0.2, 0.25) is 0 Å². The lowest BCUT2D eigenvalue weighted by atomic mass is 10.1. The molecule has 0 unspecified atom stereocenters. The Bertz CT molecular complexity index is 627. The Hall–Kier alpha value is -1.56. The van der Waals surface area contributed by atoms with Gasteiger partial charge in [0.2, 0.25) is 5.91 Å². The highest BCUT2D eigenvalue weighted by Gasteiger charge is 2.45. The first-order valence-electron chi connectivity index (χ1n) is 6.28. The van der Waals surface area contributed by atoms with Crippen LogP contribution in [0, 0.1) is 6.92 Å². The maximum atomic E-state index is 11.8. The van der Waals surface area contributed by atoms with Gasteiger partial charge in [-0.2, -0.15) is 0 Å². The standard InChI is InChI=1S/C13H16N2O3S/c1-9-3-2-4-10(5-9)15-6-13(16)14-11-7-19(17,18)8-12(11)15/h2-5,11-12H,6-8H2,1H3,(H,14,16)/t11-,12+/m1/s1. The molecule has 1 aromatic carbocycles. The third kappa shape index (κ3) is 2.32. The smallest absolute Gasteiger partial charge is 0.239 e. The average Bonchev–Trinajstić information content (AvgIpc) is 2.62. The monoisotopic (exact) mass is 280 g/mol. The van der Waals surface area contributed by atoms with E-state index in [4.69, 9.17) is 0 Å². The maximum absolute atomic E-state index is 11.8. The third-order valence-electron chi connectivity index (χ3n) is 3.72. The van der Waals surface area contributed by atoms with Crippen molar-refractivity contribution in [2.24, 2.45) is 0 Å². The minimum atomic E-state index is -3.06. The highest BCUT2D eigenvalue weighted by Crippen LogP contribution is 2.27. The zero-order chi connectivity index (χ0) is 13.6. The summed E-state index contributed by atoms with van der Waals surface area (Å²) in [5.74, 6) is 0.0531. The Morgan fingerprint density at radius 1 is 1.32 bits per heavy atom. The fraction of sp³-hybridized carbons (Fsp3) is 0.462. The molecule has 0 saturated carbocycles. The van der Waals surface area contributed by atoms with Crippen LogP contribution in [0.5, 0.6) is 0 Å². The molecular formula is C13H16N2O3S. The van der Waals surface area contributed by atoms with Gasteiger partial charge >= 0.3 is 0 Å². The molecule has 0 bridgehead atoms. The molecule has 5 nitrogen and oxygen atoms in total. The first kappa shape index (κ1) is 12.5. The van der Waals surface area contributed by atoms with Crippen molar-refractivity contribution >= 4 is 21.4 Å². The van der Waals surface area contributed by atoms with E-state index in [0.717, 1.165) is 11.3 Å². The van der Waals surface area contributed by atoms with E-state index in [0.29, 0.717) is 0 Å². The van der Waals surface area contributed by atoms with Crippen LogP contribution < -0.4 is 10.2 Å². The first-order chi connectivity index (χ1) is 8.94. The number of amides is 1. The summed E-state index contributed by atoms with van der Waals surface area (Å²) in [6.45, 7) is 2.20. The Labute approximate surface area is 112 Å². The predicted octanol–water partition coefficient (Wildman–Crippen LogP) is 0.0968. The maximum Gasteiger partial charge on any atom is 0.239 e. The summed E-state index contributed by atoms with van der Waals surface area (Å²) in [6, 6.07) is 7.39. The minimum absolute atomic E-state index is 0.0473. The number of hydrogen-bond acceptors (Lipinski definition) is 4. The minimum Gasteiger partial charge on any atom is -0.356 e. The lowest BCUT2D eigenvalue weighted by molar-refractivity contribution is -0.121. The summed E-state index contributed by atoms with van der Waals surface area (Å²) in [6.07, 6.45) is 0. The number of aryl methyl sites for hydroxylation is 1. The van der Waals surface area contributed by atoms with Crippen LogP contribution >= 0.6 is 0 Å². The Morgan fingerprint density at radius 2 is 2.11 bits per heavy atom. The summed E-state index contributed by atoms with van der Waals surface area (Å²) in [5.41, 5.74) is 2.02. The molecule has 2 heterocycles. The molecule has 0 aromatic heterocycles. The normalized spacial score (nSPS) is 28.9. The van der Waals surface area contributed by atoms with Crippen LogP contribution in [-0.4, -0.2) is 44.5 Å².